The first-order valence-corrected chi connectivity index (χ1v) is 7.10. The Balaban J connectivity index is 1.96. The quantitative estimate of drug-likeness (QED) is 0.826. The van der Waals surface area contributed by atoms with Gasteiger partial charge >= 0.3 is 0 Å². The maximum atomic E-state index is 11.8. The van der Waals surface area contributed by atoms with Crippen LogP contribution in [-0.2, 0) is 14.3 Å². The molecule has 1 aromatic carbocycles. The minimum absolute atomic E-state index is 0.214. The Bertz CT molecular complexity index is 475. The molecular weight excluding hydrogens is 238 g/mol. The van der Waals surface area contributed by atoms with Gasteiger partial charge in [0.1, 0.15) is 0 Å². The van der Waals surface area contributed by atoms with E-state index in [-0.39, 0.29) is 23.5 Å². The normalized spacial score (nSPS) is 24.4. The molecule has 0 spiro atoms. The molecule has 1 aliphatic rings. The molecule has 0 heterocycles. The van der Waals surface area contributed by atoms with Gasteiger partial charge in [-0.15, -0.1) is 0 Å². The second kappa shape index (κ2) is 4.76. The highest BCUT2D eigenvalue weighted by Gasteiger charge is 2.28. The Morgan fingerprint density at radius 2 is 1.88 bits per heavy atom. The number of benzene rings is 1. The lowest BCUT2D eigenvalue weighted by molar-refractivity contribution is 0.164. The van der Waals surface area contributed by atoms with E-state index in [0.29, 0.717) is 0 Å². The largest absolute Gasteiger partial charge is 0.328 e. The fraction of sp³-hybridized carbons (Fsp3) is 0.500. The van der Waals surface area contributed by atoms with Crippen LogP contribution in [0.1, 0.15) is 18.4 Å². The van der Waals surface area contributed by atoms with E-state index in [0.717, 1.165) is 18.4 Å². The van der Waals surface area contributed by atoms with Crippen molar-refractivity contribution in [2.45, 2.75) is 30.7 Å². The van der Waals surface area contributed by atoms with Gasteiger partial charge in [0.15, 0.2) is 0 Å². The van der Waals surface area contributed by atoms with E-state index in [1.165, 1.54) is 0 Å². The molecule has 4 nitrogen and oxygen atoms in total. The van der Waals surface area contributed by atoms with Crippen molar-refractivity contribution in [1.29, 1.82) is 0 Å². The summed E-state index contributed by atoms with van der Waals surface area (Å²) in [7, 11) is -3.61. The number of hydrogen-bond donors (Lipinski definition) is 1. The van der Waals surface area contributed by atoms with Crippen LogP contribution < -0.4 is 5.73 Å². The van der Waals surface area contributed by atoms with Gasteiger partial charge in [0.05, 0.1) is 11.5 Å². The topological polar surface area (TPSA) is 69.4 Å². The van der Waals surface area contributed by atoms with Crippen LogP contribution >= 0.6 is 0 Å². The van der Waals surface area contributed by atoms with Gasteiger partial charge < -0.3 is 5.73 Å². The molecule has 0 aromatic heterocycles. The van der Waals surface area contributed by atoms with Crippen molar-refractivity contribution in [3.8, 4) is 0 Å². The first-order chi connectivity index (χ1) is 7.97. The molecule has 94 valence electrons. The molecule has 17 heavy (non-hydrogen) atoms. The minimum Gasteiger partial charge on any atom is -0.328 e. The summed E-state index contributed by atoms with van der Waals surface area (Å²) in [6, 6.07) is 6.87. The fourth-order valence-electron chi connectivity index (χ4n) is 1.88. The summed E-state index contributed by atoms with van der Waals surface area (Å²) >= 11 is 0. The highest BCUT2D eigenvalue weighted by Crippen LogP contribution is 2.27. The Hall–Kier alpha value is -0.910. The Morgan fingerprint density at radius 1 is 1.29 bits per heavy atom. The molecule has 0 aliphatic heterocycles. The lowest BCUT2D eigenvalue weighted by Crippen LogP contribution is -2.38. The zero-order chi connectivity index (χ0) is 12.5. The van der Waals surface area contributed by atoms with E-state index in [9.17, 15) is 8.42 Å². The van der Waals surface area contributed by atoms with Gasteiger partial charge in [0, 0.05) is 6.04 Å². The van der Waals surface area contributed by atoms with Crippen LogP contribution in [-0.4, -0.2) is 21.1 Å². The van der Waals surface area contributed by atoms with Crippen molar-refractivity contribution in [2.75, 3.05) is 6.61 Å². The maximum absolute atomic E-state index is 11.8. The summed E-state index contributed by atoms with van der Waals surface area (Å²) in [4.78, 5) is 0.215. The van der Waals surface area contributed by atoms with Crippen molar-refractivity contribution in [3.63, 3.8) is 0 Å². The monoisotopic (exact) mass is 255 g/mol. The summed E-state index contributed by atoms with van der Waals surface area (Å²) in [5.74, 6) is 0.283. The zero-order valence-electron chi connectivity index (χ0n) is 9.80. The molecule has 0 bridgehead atoms. The predicted octanol–water partition coefficient (Wildman–Crippen LogP) is 1.44. The third-order valence-corrected chi connectivity index (χ3v) is 4.34. The molecule has 0 amide bonds. The summed E-state index contributed by atoms with van der Waals surface area (Å²) in [5.41, 5.74) is 6.65. The standard InChI is InChI=1S/C12H17NO3S/c1-9-2-4-12(5-3-9)17(14,15)16-8-10-6-11(13)7-10/h2-5,10-11H,6-8,13H2,1H3. The second-order valence-corrected chi connectivity index (χ2v) is 6.26. The summed E-state index contributed by atoms with van der Waals surface area (Å²) in [6.45, 7) is 2.15. The minimum atomic E-state index is -3.61. The van der Waals surface area contributed by atoms with Crippen molar-refractivity contribution in [2.24, 2.45) is 11.7 Å². The van der Waals surface area contributed by atoms with E-state index < -0.39 is 10.1 Å². The highest BCUT2D eigenvalue weighted by molar-refractivity contribution is 7.86. The van der Waals surface area contributed by atoms with Gasteiger partial charge in [-0.3, -0.25) is 4.18 Å². The molecule has 0 saturated heterocycles. The average Bonchev–Trinajstić information content (AvgIpc) is 2.23. The first kappa shape index (κ1) is 12.5. The fourth-order valence-corrected chi connectivity index (χ4v) is 2.86. The number of nitrogens with two attached hydrogens (primary N) is 1. The molecule has 1 saturated carbocycles. The molecule has 2 rings (SSSR count). The Kier molecular flexibility index (Phi) is 3.51. The SMILES string of the molecule is Cc1ccc(S(=O)(=O)OCC2CC(N)C2)cc1. The van der Waals surface area contributed by atoms with Gasteiger partial charge in [0.2, 0.25) is 0 Å². The van der Waals surface area contributed by atoms with E-state index in [1.807, 2.05) is 6.92 Å². The van der Waals surface area contributed by atoms with Crippen molar-refractivity contribution in [1.82, 2.24) is 0 Å². The lowest BCUT2D eigenvalue weighted by Gasteiger charge is -2.31. The van der Waals surface area contributed by atoms with Crippen molar-refractivity contribution < 1.29 is 12.6 Å². The van der Waals surface area contributed by atoms with Crippen molar-refractivity contribution >= 4 is 10.1 Å². The van der Waals surface area contributed by atoms with E-state index in [1.54, 1.807) is 24.3 Å². The second-order valence-electron chi connectivity index (χ2n) is 4.65. The van der Waals surface area contributed by atoms with Crippen LogP contribution in [0.25, 0.3) is 0 Å². The molecule has 1 aliphatic carbocycles. The summed E-state index contributed by atoms with van der Waals surface area (Å²) in [6.07, 6.45) is 1.70. The van der Waals surface area contributed by atoms with Gasteiger partial charge in [-0.1, -0.05) is 17.7 Å². The molecule has 0 unspecified atom stereocenters. The molecular formula is C12H17NO3S. The van der Waals surface area contributed by atoms with Gasteiger partial charge in [0.25, 0.3) is 10.1 Å². The van der Waals surface area contributed by atoms with Gasteiger partial charge in [-0.05, 0) is 37.8 Å². The Morgan fingerprint density at radius 3 is 2.41 bits per heavy atom. The maximum Gasteiger partial charge on any atom is 0.296 e. The van der Waals surface area contributed by atoms with E-state index in [4.69, 9.17) is 9.92 Å². The number of aryl methyl sites for hydroxylation is 1. The van der Waals surface area contributed by atoms with Crippen LogP contribution in [0.4, 0.5) is 0 Å². The van der Waals surface area contributed by atoms with Crippen LogP contribution in [0.15, 0.2) is 29.2 Å². The number of rotatable bonds is 4. The first-order valence-electron chi connectivity index (χ1n) is 5.69. The molecule has 1 fully saturated rings. The Labute approximate surface area is 102 Å². The van der Waals surface area contributed by atoms with Gasteiger partial charge in [-0.2, -0.15) is 8.42 Å². The molecule has 2 N–H and O–H groups in total. The van der Waals surface area contributed by atoms with Gasteiger partial charge in [-0.25, -0.2) is 0 Å². The van der Waals surface area contributed by atoms with Crippen molar-refractivity contribution in [3.05, 3.63) is 29.8 Å². The summed E-state index contributed by atoms with van der Waals surface area (Å²) < 4.78 is 28.7. The van der Waals surface area contributed by atoms with Crippen LogP contribution in [0.3, 0.4) is 0 Å². The predicted molar refractivity (Wildman–Crippen MR) is 65.0 cm³/mol. The average molecular weight is 255 g/mol. The van der Waals surface area contributed by atoms with Crippen LogP contribution in [0.2, 0.25) is 0 Å². The molecule has 0 atom stereocenters. The smallest absolute Gasteiger partial charge is 0.296 e. The molecule has 1 aromatic rings. The van der Waals surface area contributed by atoms with Crippen LogP contribution in [0.5, 0.6) is 0 Å². The van der Waals surface area contributed by atoms with E-state index >= 15 is 0 Å². The molecule has 5 heteroatoms. The third-order valence-electron chi connectivity index (χ3n) is 3.04. The number of hydrogen-bond acceptors (Lipinski definition) is 4. The summed E-state index contributed by atoms with van der Waals surface area (Å²) in [5, 5.41) is 0. The highest BCUT2D eigenvalue weighted by atomic mass is 32.2. The van der Waals surface area contributed by atoms with Crippen LogP contribution in [0, 0.1) is 12.8 Å². The van der Waals surface area contributed by atoms with E-state index in [2.05, 4.69) is 0 Å². The lowest BCUT2D eigenvalue weighted by atomic mass is 9.82. The third kappa shape index (κ3) is 3.06. The molecule has 0 radical (unpaired) electrons. The zero-order valence-corrected chi connectivity index (χ0v) is 10.6.